The van der Waals surface area contributed by atoms with Gasteiger partial charge in [0.15, 0.2) is 5.13 Å². The van der Waals surface area contributed by atoms with Crippen LogP contribution in [-0.4, -0.2) is 32.3 Å². The lowest BCUT2D eigenvalue weighted by Gasteiger charge is -2.16. The molecule has 1 heterocycles. The average Bonchev–Trinajstić information content (AvgIpc) is 2.84. The van der Waals surface area contributed by atoms with Gasteiger partial charge in [-0.3, -0.25) is 0 Å². The van der Waals surface area contributed by atoms with E-state index in [1.165, 1.54) is 16.1 Å². The number of aryl methyl sites for hydroxylation is 2. The van der Waals surface area contributed by atoms with Crippen LogP contribution in [0.25, 0.3) is 0 Å². The fourth-order valence-corrected chi connectivity index (χ4v) is 3.06. The Morgan fingerprint density at radius 1 is 1.33 bits per heavy atom. The van der Waals surface area contributed by atoms with Crippen molar-refractivity contribution in [3.05, 3.63) is 40.4 Å². The number of aromatic nitrogens is 1. The van der Waals surface area contributed by atoms with Crippen LogP contribution in [-0.2, 0) is 11.3 Å². The Morgan fingerprint density at radius 3 is 2.86 bits per heavy atom. The first kappa shape index (κ1) is 15.9. The van der Waals surface area contributed by atoms with E-state index in [-0.39, 0.29) is 0 Å². The minimum absolute atomic E-state index is 0.730. The molecule has 1 aromatic heterocycles. The monoisotopic (exact) mass is 305 g/mol. The lowest BCUT2D eigenvalue weighted by atomic mass is 10.2. The van der Waals surface area contributed by atoms with Gasteiger partial charge in [-0.1, -0.05) is 23.5 Å². The summed E-state index contributed by atoms with van der Waals surface area (Å²) in [6, 6.07) is 8.47. The molecule has 0 spiro atoms. The molecule has 0 aliphatic carbocycles. The molecule has 0 amide bonds. The minimum atomic E-state index is 0.730. The predicted octanol–water partition coefficient (Wildman–Crippen LogP) is 3.26. The number of ether oxygens (including phenoxy) is 1. The van der Waals surface area contributed by atoms with E-state index in [4.69, 9.17) is 4.74 Å². The Kier molecular flexibility index (Phi) is 5.73. The van der Waals surface area contributed by atoms with Gasteiger partial charge in [0.1, 0.15) is 0 Å². The lowest BCUT2D eigenvalue weighted by molar-refractivity contribution is 0.199. The summed E-state index contributed by atoms with van der Waals surface area (Å²) >= 11 is 1.74. The molecule has 5 heteroatoms. The molecule has 2 aromatic rings. The normalized spacial score (nSPS) is 10.9. The van der Waals surface area contributed by atoms with Crippen molar-refractivity contribution in [1.82, 2.24) is 10.3 Å². The molecule has 21 heavy (non-hydrogen) atoms. The number of thiazole rings is 1. The van der Waals surface area contributed by atoms with E-state index in [1.54, 1.807) is 18.4 Å². The molecule has 0 bridgehead atoms. The Balaban J connectivity index is 2.07. The molecule has 1 aromatic carbocycles. The summed E-state index contributed by atoms with van der Waals surface area (Å²) in [5.74, 6) is 0. The number of anilines is 2. The second-order valence-electron chi connectivity index (χ2n) is 5.07. The maximum absolute atomic E-state index is 5.04. The fourth-order valence-electron chi connectivity index (χ4n) is 2.04. The summed E-state index contributed by atoms with van der Waals surface area (Å²) in [5.41, 5.74) is 3.52. The Hall–Kier alpha value is -1.43. The van der Waals surface area contributed by atoms with Gasteiger partial charge in [0, 0.05) is 37.8 Å². The van der Waals surface area contributed by atoms with E-state index in [9.17, 15) is 0 Å². The zero-order chi connectivity index (χ0) is 15.2. The smallest absolute Gasteiger partial charge is 0.190 e. The molecule has 4 nitrogen and oxygen atoms in total. The van der Waals surface area contributed by atoms with E-state index in [0.717, 1.165) is 30.5 Å². The molecule has 1 N–H and O–H groups in total. The van der Waals surface area contributed by atoms with Gasteiger partial charge in [-0.25, -0.2) is 4.98 Å². The van der Waals surface area contributed by atoms with Crippen molar-refractivity contribution in [2.45, 2.75) is 20.4 Å². The van der Waals surface area contributed by atoms with Gasteiger partial charge in [-0.05, 0) is 31.5 Å². The molecule has 2 rings (SSSR count). The van der Waals surface area contributed by atoms with Crippen LogP contribution in [0.2, 0.25) is 0 Å². The van der Waals surface area contributed by atoms with Crippen molar-refractivity contribution in [1.29, 1.82) is 0 Å². The van der Waals surface area contributed by atoms with Crippen LogP contribution in [0.1, 0.15) is 16.1 Å². The van der Waals surface area contributed by atoms with Crippen LogP contribution < -0.4 is 10.2 Å². The molecule has 0 saturated heterocycles. The van der Waals surface area contributed by atoms with Crippen LogP contribution in [0.4, 0.5) is 10.8 Å². The zero-order valence-electron chi connectivity index (χ0n) is 13.1. The molecule has 0 fully saturated rings. The van der Waals surface area contributed by atoms with Crippen molar-refractivity contribution in [3.63, 3.8) is 0 Å². The minimum Gasteiger partial charge on any atom is -0.383 e. The molecule has 0 atom stereocenters. The van der Waals surface area contributed by atoms with Crippen LogP contribution in [0, 0.1) is 13.8 Å². The number of benzene rings is 1. The zero-order valence-corrected chi connectivity index (χ0v) is 14.0. The molecular weight excluding hydrogens is 282 g/mol. The van der Waals surface area contributed by atoms with Gasteiger partial charge >= 0.3 is 0 Å². The summed E-state index contributed by atoms with van der Waals surface area (Å²) in [6.45, 7) is 6.60. The highest BCUT2D eigenvalue weighted by Crippen LogP contribution is 2.30. The van der Waals surface area contributed by atoms with Crippen LogP contribution in [0.3, 0.4) is 0 Å². The van der Waals surface area contributed by atoms with Crippen molar-refractivity contribution in [2.24, 2.45) is 0 Å². The number of methoxy groups -OCH3 is 1. The van der Waals surface area contributed by atoms with Crippen molar-refractivity contribution in [3.8, 4) is 0 Å². The Bertz CT molecular complexity index is 583. The quantitative estimate of drug-likeness (QED) is 0.797. The number of hydrogen-bond donors (Lipinski definition) is 1. The van der Waals surface area contributed by atoms with Gasteiger partial charge < -0.3 is 15.0 Å². The number of hydrogen-bond acceptors (Lipinski definition) is 5. The van der Waals surface area contributed by atoms with Gasteiger partial charge in [0.2, 0.25) is 0 Å². The van der Waals surface area contributed by atoms with Crippen LogP contribution in [0.15, 0.2) is 24.3 Å². The predicted molar refractivity (Wildman–Crippen MR) is 89.7 cm³/mol. The number of nitrogens with zero attached hydrogens (tertiary/aromatic N) is 2. The maximum Gasteiger partial charge on any atom is 0.190 e. The van der Waals surface area contributed by atoms with E-state index in [1.807, 2.05) is 0 Å². The second-order valence-corrected chi connectivity index (χ2v) is 6.13. The Morgan fingerprint density at radius 2 is 2.14 bits per heavy atom. The average molecular weight is 305 g/mol. The van der Waals surface area contributed by atoms with E-state index < -0.39 is 0 Å². The maximum atomic E-state index is 5.04. The topological polar surface area (TPSA) is 37.4 Å². The molecule has 0 unspecified atom stereocenters. The molecule has 114 valence electrons. The summed E-state index contributed by atoms with van der Waals surface area (Å²) in [6.07, 6.45) is 0. The first-order valence-electron chi connectivity index (χ1n) is 7.08. The highest BCUT2D eigenvalue weighted by Gasteiger charge is 2.12. The molecule has 0 aliphatic heterocycles. The Labute approximate surface area is 130 Å². The first-order chi connectivity index (χ1) is 10.1. The van der Waals surface area contributed by atoms with E-state index in [2.05, 4.69) is 60.4 Å². The first-order valence-corrected chi connectivity index (χ1v) is 7.90. The van der Waals surface area contributed by atoms with Gasteiger partial charge in [-0.15, -0.1) is 0 Å². The molecule has 0 aliphatic rings. The highest BCUT2D eigenvalue weighted by molar-refractivity contribution is 7.15. The summed E-state index contributed by atoms with van der Waals surface area (Å²) < 4.78 is 5.04. The van der Waals surface area contributed by atoms with E-state index >= 15 is 0 Å². The summed E-state index contributed by atoms with van der Waals surface area (Å²) in [4.78, 5) is 8.11. The van der Waals surface area contributed by atoms with Gasteiger partial charge in [0.25, 0.3) is 0 Å². The highest BCUT2D eigenvalue weighted by atomic mass is 32.1. The third kappa shape index (κ3) is 4.27. The van der Waals surface area contributed by atoms with Crippen molar-refractivity contribution >= 4 is 22.2 Å². The van der Waals surface area contributed by atoms with Crippen LogP contribution in [0.5, 0.6) is 0 Å². The van der Waals surface area contributed by atoms with E-state index in [0.29, 0.717) is 0 Å². The third-order valence-corrected chi connectivity index (χ3v) is 4.56. The molecular formula is C16H23N3OS. The lowest BCUT2D eigenvalue weighted by Crippen LogP contribution is -2.18. The third-order valence-electron chi connectivity index (χ3n) is 3.33. The summed E-state index contributed by atoms with van der Waals surface area (Å²) in [5, 5.41) is 4.40. The van der Waals surface area contributed by atoms with Gasteiger partial charge in [-0.2, -0.15) is 0 Å². The summed E-state index contributed by atoms with van der Waals surface area (Å²) in [7, 11) is 3.78. The number of nitrogens with one attached hydrogen (secondary N) is 1. The largest absolute Gasteiger partial charge is 0.383 e. The van der Waals surface area contributed by atoms with Crippen molar-refractivity contribution in [2.75, 3.05) is 32.2 Å². The second kappa shape index (κ2) is 7.54. The standard InChI is InChI=1S/C16H23N3OS/c1-12-6-5-7-14(10-12)19(3)16-18-13(2)15(21-16)11-17-8-9-20-4/h5-7,10,17H,8-9,11H2,1-4H3. The fraction of sp³-hybridized carbons (Fsp3) is 0.438. The number of rotatable bonds is 7. The molecule has 0 radical (unpaired) electrons. The van der Waals surface area contributed by atoms with Crippen molar-refractivity contribution < 1.29 is 4.74 Å². The SMILES string of the molecule is COCCNCc1sc(N(C)c2cccc(C)c2)nc1C. The molecule has 0 saturated carbocycles. The van der Waals surface area contributed by atoms with Crippen LogP contribution >= 0.6 is 11.3 Å². The van der Waals surface area contributed by atoms with Gasteiger partial charge in [0.05, 0.1) is 12.3 Å².